The number of pyridine rings is 1. The van der Waals surface area contributed by atoms with Crippen molar-refractivity contribution in [2.24, 2.45) is 0 Å². The van der Waals surface area contributed by atoms with Crippen molar-refractivity contribution in [3.63, 3.8) is 0 Å². The van der Waals surface area contributed by atoms with Crippen LogP contribution < -0.4 is 14.7 Å². The standard InChI is InChI=1S/C24H24ClFN6O2/c1-15-14-31(22-19(25)11-17(13-27-22)23(33)34)9-10-32(15)21-12-20(16-3-5-18(26)6-4-16)28-24(29-21)30-7-2-8-30/h3-6,11-13,15H,2,7-10,14H2,1H3,(H,33,34). The van der Waals surface area contributed by atoms with E-state index in [0.717, 1.165) is 36.6 Å². The van der Waals surface area contributed by atoms with Crippen LogP contribution in [0.1, 0.15) is 23.7 Å². The van der Waals surface area contributed by atoms with E-state index in [1.165, 1.54) is 24.4 Å². The van der Waals surface area contributed by atoms with Crippen LogP contribution in [0.4, 0.5) is 22.0 Å². The predicted molar refractivity (Wildman–Crippen MR) is 129 cm³/mol. The molecule has 0 amide bonds. The number of nitrogens with zero attached hydrogens (tertiary/aromatic N) is 6. The molecular weight excluding hydrogens is 459 g/mol. The third kappa shape index (κ3) is 4.35. The summed E-state index contributed by atoms with van der Waals surface area (Å²) < 4.78 is 13.5. The lowest BCUT2D eigenvalue weighted by Gasteiger charge is -2.41. The lowest BCUT2D eigenvalue weighted by Crippen LogP contribution is -2.53. The molecule has 2 aromatic heterocycles. The van der Waals surface area contributed by atoms with Crippen LogP contribution in [-0.2, 0) is 0 Å². The van der Waals surface area contributed by atoms with Gasteiger partial charge in [-0.3, -0.25) is 0 Å². The van der Waals surface area contributed by atoms with Gasteiger partial charge >= 0.3 is 5.97 Å². The van der Waals surface area contributed by atoms with E-state index in [2.05, 4.69) is 26.6 Å². The summed E-state index contributed by atoms with van der Waals surface area (Å²) >= 11 is 6.35. The van der Waals surface area contributed by atoms with E-state index in [9.17, 15) is 9.18 Å². The molecule has 8 nitrogen and oxygen atoms in total. The van der Waals surface area contributed by atoms with E-state index in [-0.39, 0.29) is 17.4 Å². The summed E-state index contributed by atoms with van der Waals surface area (Å²) in [4.78, 5) is 31.5. The Morgan fingerprint density at radius 1 is 1.09 bits per heavy atom. The number of rotatable bonds is 5. The van der Waals surface area contributed by atoms with Crippen LogP contribution in [0.25, 0.3) is 11.3 Å². The Morgan fingerprint density at radius 3 is 2.47 bits per heavy atom. The number of benzene rings is 1. The van der Waals surface area contributed by atoms with E-state index in [4.69, 9.17) is 26.7 Å². The van der Waals surface area contributed by atoms with Crippen LogP contribution in [0.3, 0.4) is 0 Å². The maximum atomic E-state index is 13.5. The van der Waals surface area contributed by atoms with Crippen molar-refractivity contribution in [1.82, 2.24) is 15.0 Å². The number of halogens is 2. The van der Waals surface area contributed by atoms with E-state index in [1.54, 1.807) is 12.1 Å². The molecule has 2 aliphatic heterocycles. The quantitative estimate of drug-likeness (QED) is 0.585. The first-order chi connectivity index (χ1) is 16.4. The Labute approximate surface area is 201 Å². The number of carboxylic acids is 1. The molecule has 0 bridgehead atoms. The second kappa shape index (κ2) is 9.06. The van der Waals surface area contributed by atoms with E-state index in [0.29, 0.717) is 36.4 Å². The predicted octanol–water partition coefficient (Wildman–Crippen LogP) is 3.95. The fourth-order valence-corrected chi connectivity index (χ4v) is 4.55. The molecule has 34 heavy (non-hydrogen) atoms. The molecule has 2 aliphatic rings. The first kappa shape index (κ1) is 22.3. The molecule has 3 aromatic rings. The Balaban J connectivity index is 1.41. The Bertz CT molecular complexity index is 1220. The maximum absolute atomic E-state index is 13.5. The molecule has 0 spiro atoms. The molecule has 1 atom stereocenters. The molecule has 0 saturated carbocycles. The molecule has 176 valence electrons. The van der Waals surface area contributed by atoms with Crippen molar-refractivity contribution < 1.29 is 14.3 Å². The molecule has 2 fully saturated rings. The highest BCUT2D eigenvalue weighted by Crippen LogP contribution is 2.31. The van der Waals surface area contributed by atoms with Crippen LogP contribution in [0.5, 0.6) is 0 Å². The van der Waals surface area contributed by atoms with Gasteiger partial charge in [-0.1, -0.05) is 11.6 Å². The smallest absolute Gasteiger partial charge is 0.337 e. The van der Waals surface area contributed by atoms with E-state index in [1.807, 2.05) is 6.07 Å². The first-order valence-corrected chi connectivity index (χ1v) is 11.6. The molecule has 5 rings (SSSR count). The Kier molecular flexibility index (Phi) is 5.95. The molecule has 1 aromatic carbocycles. The van der Waals surface area contributed by atoms with Crippen LogP contribution in [0, 0.1) is 5.82 Å². The van der Waals surface area contributed by atoms with Crippen LogP contribution >= 0.6 is 11.6 Å². The number of hydrogen-bond acceptors (Lipinski definition) is 7. The Hall–Kier alpha value is -3.46. The molecular formula is C24H24ClFN6O2. The van der Waals surface area contributed by atoms with Crippen molar-refractivity contribution in [2.45, 2.75) is 19.4 Å². The molecule has 0 radical (unpaired) electrons. The second-order valence-electron chi connectivity index (χ2n) is 8.58. The molecule has 1 unspecified atom stereocenters. The monoisotopic (exact) mass is 482 g/mol. The van der Waals surface area contributed by atoms with Gasteiger partial charge in [-0.15, -0.1) is 0 Å². The van der Waals surface area contributed by atoms with Gasteiger partial charge in [-0.2, -0.15) is 4.98 Å². The topological polar surface area (TPSA) is 85.7 Å². The normalized spacial score (nSPS) is 18.1. The molecule has 2 saturated heterocycles. The minimum atomic E-state index is -1.06. The third-order valence-electron chi connectivity index (χ3n) is 6.27. The van der Waals surface area contributed by atoms with Gasteiger partial charge in [0.25, 0.3) is 0 Å². The van der Waals surface area contributed by atoms with Crippen LogP contribution in [0.2, 0.25) is 5.02 Å². The number of aromatic nitrogens is 3. The van der Waals surface area contributed by atoms with E-state index < -0.39 is 5.97 Å². The van der Waals surface area contributed by atoms with Gasteiger partial charge in [0.05, 0.1) is 16.3 Å². The first-order valence-electron chi connectivity index (χ1n) is 11.2. The van der Waals surface area contributed by atoms with Gasteiger partial charge in [-0.25, -0.2) is 19.2 Å². The largest absolute Gasteiger partial charge is 0.478 e. The minimum absolute atomic E-state index is 0.0632. The number of carbonyl (C=O) groups is 1. The molecule has 10 heteroatoms. The molecule has 4 heterocycles. The lowest BCUT2D eigenvalue weighted by molar-refractivity contribution is 0.0696. The molecule has 0 aliphatic carbocycles. The third-order valence-corrected chi connectivity index (χ3v) is 6.55. The summed E-state index contributed by atoms with van der Waals surface area (Å²) in [6.45, 7) is 5.93. The zero-order chi connectivity index (χ0) is 23.8. The summed E-state index contributed by atoms with van der Waals surface area (Å²) in [5, 5.41) is 9.48. The number of piperazine rings is 1. The van der Waals surface area contributed by atoms with Crippen molar-refractivity contribution in [3.05, 3.63) is 59.0 Å². The average Bonchev–Trinajstić information content (AvgIpc) is 2.78. The summed E-state index contributed by atoms with van der Waals surface area (Å²) in [7, 11) is 0. The summed E-state index contributed by atoms with van der Waals surface area (Å²) in [6.07, 6.45) is 2.45. The summed E-state index contributed by atoms with van der Waals surface area (Å²) in [5.74, 6) is 0.747. The van der Waals surface area contributed by atoms with E-state index >= 15 is 0 Å². The van der Waals surface area contributed by atoms with Crippen molar-refractivity contribution in [3.8, 4) is 11.3 Å². The highest BCUT2D eigenvalue weighted by Gasteiger charge is 2.29. The van der Waals surface area contributed by atoms with Crippen molar-refractivity contribution >= 4 is 35.2 Å². The Morgan fingerprint density at radius 2 is 1.85 bits per heavy atom. The van der Waals surface area contributed by atoms with Gasteiger partial charge in [0, 0.05) is 56.6 Å². The maximum Gasteiger partial charge on any atom is 0.337 e. The van der Waals surface area contributed by atoms with Gasteiger partial charge < -0.3 is 19.8 Å². The van der Waals surface area contributed by atoms with Crippen molar-refractivity contribution in [2.75, 3.05) is 47.4 Å². The highest BCUT2D eigenvalue weighted by molar-refractivity contribution is 6.33. The summed E-state index contributed by atoms with van der Waals surface area (Å²) in [6, 6.07) is 9.82. The highest BCUT2D eigenvalue weighted by atomic mass is 35.5. The number of hydrogen-bond donors (Lipinski definition) is 1. The van der Waals surface area contributed by atoms with Gasteiger partial charge in [0.15, 0.2) is 0 Å². The summed E-state index contributed by atoms with van der Waals surface area (Å²) in [5.41, 5.74) is 1.66. The second-order valence-corrected chi connectivity index (χ2v) is 8.99. The van der Waals surface area contributed by atoms with Gasteiger partial charge in [-0.05, 0) is 43.7 Å². The van der Waals surface area contributed by atoms with Crippen LogP contribution in [0.15, 0.2) is 42.6 Å². The number of anilines is 3. The van der Waals surface area contributed by atoms with Crippen LogP contribution in [-0.4, -0.2) is 64.8 Å². The molecule has 1 N–H and O–H groups in total. The minimum Gasteiger partial charge on any atom is -0.478 e. The zero-order valence-electron chi connectivity index (χ0n) is 18.7. The lowest BCUT2D eigenvalue weighted by atomic mass is 10.1. The number of aromatic carboxylic acids is 1. The van der Waals surface area contributed by atoms with Gasteiger partial charge in [0.2, 0.25) is 5.95 Å². The fraction of sp³-hybridized carbons (Fsp3) is 0.333. The fourth-order valence-electron chi connectivity index (χ4n) is 4.27. The van der Waals surface area contributed by atoms with Gasteiger partial charge in [0.1, 0.15) is 17.5 Å². The number of carboxylic acid groups (broad SMARTS) is 1. The SMILES string of the molecule is CC1CN(c2ncc(C(=O)O)cc2Cl)CCN1c1cc(-c2ccc(F)cc2)nc(N2CCC2)n1. The average molecular weight is 483 g/mol. The zero-order valence-corrected chi connectivity index (χ0v) is 19.4. The van der Waals surface area contributed by atoms with Crippen molar-refractivity contribution in [1.29, 1.82) is 0 Å².